The van der Waals surface area contributed by atoms with Crippen molar-refractivity contribution in [3.05, 3.63) is 28.2 Å². The Kier molecular flexibility index (Phi) is 6.25. The van der Waals surface area contributed by atoms with Crippen LogP contribution in [0.25, 0.3) is 0 Å². The van der Waals surface area contributed by atoms with E-state index in [4.69, 9.17) is 5.73 Å². The average molecular weight is 295 g/mol. The molecular weight excluding hydrogens is 277 g/mol. The minimum atomic E-state index is -0.0172. The summed E-state index contributed by atoms with van der Waals surface area (Å²) in [5, 5.41) is 9.34. The third-order valence-corrected chi connectivity index (χ3v) is 2.83. The molecule has 0 unspecified atom stereocenters. The summed E-state index contributed by atoms with van der Waals surface area (Å²) in [5.41, 5.74) is 7.00. The van der Waals surface area contributed by atoms with Gasteiger partial charge >= 0.3 is 0 Å². The van der Waals surface area contributed by atoms with Crippen LogP contribution in [0.5, 0.6) is 5.75 Å². The molecule has 0 saturated carbocycles. The molecule has 0 aliphatic rings. The summed E-state index contributed by atoms with van der Waals surface area (Å²) < 4.78 is 0.962. The molecule has 0 spiro atoms. The van der Waals surface area contributed by atoms with E-state index in [1.807, 2.05) is 6.07 Å². The van der Waals surface area contributed by atoms with E-state index in [2.05, 4.69) is 29.8 Å². The van der Waals surface area contributed by atoms with Crippen LogP contribution < -0.4 is 5.73 Å². The van der Waals surface area contributed by atoms with Crippen LogP contribution in [0, 0.1) is 5.92 Å². The zero-order chi connectivity index (χ0) is 10.7. The minimum Gasteiger partial charge on any atom is -0.508 e. The van der Waals surface area contributed by atoms with Gasteiger partial charge in [0.2, 0.25) is 0 Å². The van der Waals surface area contributed by atoms with E-state index in [1.165, 1.54) is 0 Å². The zero-order valence-corrected chi connectivity index (χ0v) is 11.3. The lowest BCUT2D eigenvalue weighted by Gasteiger charge is -2.16. The Morgan fingerprint density at radius 1 is 1.40 bits per heavy atom. The number of hydrogen-bond acceptors (Lipinski definition) is 2. The number of aromatic hydroxyl groups is 1. The normalized spacial score (nSPS) is 12.3. The van der Waals surface area contributed by atoms with Gasteiger partial charge in [-0.1, -0.05) is 29.8 Å². The first kappa shape index (κ1) is 14.8. The number of nitrogens with two attached hydrogens (primary N) is 1. The minimum absolute atomic E-state index is 0. The highest BCUT2D eigenvalue weighted by molar-refractivity contribution is 9.10. The number of phenols is 1. The summed E-state index contributed by atoms with van der Waals surface area (Å²) in [6.07, 6.45) is 0.919. The summed E-state index contributed by atoms with van der Waals surface area (Å²) in [4.78, 5) is 0. The van der Waals surface area contributed by atoms with Gasteiger partial charge in [-0.2, -0.15) is 0 Å². The fraction of sp³-hybridized carbons (Fsp3) is 0.455. The first-order chi connectivity index (χ1) is 6.50. The summed E-state index contributed by atoms with van der Waals surface area (Å²) in [7, 11) is 0. The van der Waals surface area contributed by atoms with E-state index >= 15 is 0 Å². The molecule has 86 valence electrons. The maximum Gasteiger partial charge on any atom is 0.115 e. The van der Waals surface area contributed by atoms with Crippen LogP contribution in [0.3, 0.4) is 0 Å². The molecule has 3 N–H and O–H groups in total. The van der Waals surface area contributed by atoms with Crippen LogP contribution in [-0.2, 0) is 0 Å². The predicted octanol–water partition coefficient (Wildman–Crippen LogP) is 3.62. The van der Waals surface area contributed by atoms with Gasteiger partial charge in [0.05, 0.1) is 0 Å². The van der Waals surface area contributed by atoms with Crippen LogP contribution in [0.2, 0.25) is 0 Å². The van der Waals surface area contributed by atoms with Crippen LogP contribution in [-0.4, -0.2) is 5.11 Å². The van der Waals surface area contributed by atoms with Crippen molar-refractivity contribution in [2.75, 3.05) is 0 Å². The van der Waals surface area contributed by atoms with Gasteiger partial charge in [0.15, 0.2) is 0 Å². The molecule has 1 atom stereocenters. The van der Waals surface area contributed by atoms with Crippen LogP contribution >= 0.6 is 28.3 Å². The highest BCUT2D eigenvalue weighted by Gasteiger charge is 2.12. The molecule has 0 fully saturated rings. The van der Waals surface area contributed by atoms with Crippen molar-refractivity contribution < 1.29 is 5.11 Å². The largest absolute Gasteiger partial charge is 0.508 e. The fourth-order valence-corrected chi connectivity index (χ4v) is 1.99. The van der Waals surface area contributed by atoms with E-state index in [-0.39, 0.29) is 24.2 Å². The van der Waals surface area contributed by atoms with Crippen molar-refractivity contribution in [1.82, 2.24) is 0 Å². The number of phenolic OH excluding ortho intramolecular Hbond substituents is 1. The van der Waals surface area contributed by atoms with Gasteiger partial charge in [-0.3, -0.25) is 0 Å². The third-order valence-electron chi connectivity index (χ3n) is 2.10. The quantitative estimate of drug-likeness (QED) is 0.894. The Morgan fingerprint density at radius 3 is 2.53 bits per heavy atom. The summed E-state index contributed by atoms with van der Waals surface area (Å²) in [5.74, 6) is 0.821. The molecule has 0 amide bonds. The Morgan fingerprint density at radius 2 is 2.00 bits per heavy atom. The van der Waals surface area contributed by atoms with E-state index in [9.17, 15) is 5.11 Å². The molecule has 1 aromatic rings. The summed E-state index contributed by atoms with van der Waals surface area (Å²) in [6, 6.07) is 5.17. The molecule has 4 heteroatoms. The van der Waals surface area contributed by atoms with Crippen molar-refractivity contribution in [1.29, 1.82) is 0 Å². The molecule has 0 saturated heterocycles. The maximum absolute atomic E-state index is 9.34. The standard InChI is InChI=1S/C11H16BrNO.ClH/c1-7(2)5-11(13)9-6-8(14)3-4-10(9)12;/h3-4,6-7,11,14H,5,13H2,1-2H3;1H/t11-;/m1./s1. The van der Waals surface area contributed by atoms with Gasteiger partial charge in [0.25, 0.3) is 0 Å². The molecular formula is C11H17BrClNO. The molecule has 1 aromatic carbocycles. The molecule has 0 aliphatic carbocycles. The third kappa shape index (κ3) is 4.41. The monoisotopic (exact) mass is 293 g/mol. The molecule has 2 nitrogen and oxygen atoms in total. The molecule has 0 bridgehead atoms. The maximum atomic E-state index is 9.34. The van der Waals surface area contributed by atoms with Crippen molar-refractivity contribution in [2.24, 2.45) is 11.7 Å². The average Bonchev–Trinajstić information content (AvgIpc) is 2.08. The summed E-state index contributed by atoms with van der Waals surface area (Å²) in [6.45, 7) is 4.27. The SMILES string of the molecule is CC(C)C[C@@H](N)c1cc(O)ccc1Br.Cl. The predicted molar refractivity (Wildman–Crippen MR) is 69.4 cm³/mol. The Balaban J connectivity index is 0.00000196. The molecule has 0 radical (unpaired) electrons. The highest BCUT2D eigenvalue weighted by Crippen LogP contribution is 2.29. The second-order valence-corrected chi connectivity index (χ2v) is 4.80. The Hall–Kier alpha value is -0.250. The van der Waals surface area contributed by atoms with E-state index < -0.39 is 0 Å². The van der Waals surface area contributed by atoms with E-state index in [1.54, 1.807) is 12.1 Å². The van der Waals surface area contributed by atoms with Crippen LogP contribution in [0.4, 0.5) is 0 Å². The number of rotatable bonds is 3. The second-order valence-electron chi connectivity index (χ2n) is 3.94. The first-order valence-electron chi connectivity index (χ1n) is 4.74. The lowest BCUT2D eigenvalue weighted by Crippen LogP contribution is -2.13. The van der Waals surface area contributed by atoms with Gasteiger partial charge in [0.1, 0.15) is 5.75 Å². The van der Waals surface area contributed by atoms with Crippen molar-refractivity contribution in [3.8, 4) is 5.75 Å². The second kappa shape index (κ2) is 6.36. The molecule has 0 aliphatic heterocycles. The highest BCUT2D eigenvalue weighted by atomic mass is 79.9. The smallest absolute Gasteiger partial charge is 0.115 e. The van der Waals surface area contributed by atoms with Gasteiger partial charge < -0.3 is 10.8 Å². The van der Waals surface area contributed by atoms with Crippen molar-refractivity contribution in [2.45, 2.75) is 26.3 Å². The first-order valence-corrected chi connectivity index (χ1v) is 5.54. The fourth-order valence-electron chi connectivity index (χ4n) is 1.45. The molecule has 1 rings (SSSR count). The van der Waals surface area contributed by atoms with E-state index in [0.29, 0.717) is 5.92 Å². The van der Waals surface area contributed by atoms with E-state index in [0.717, 1.165) is 16.5 Å². The lowest BCUT2D eigenvalue weighted by molar-refractivity contribution is 0.469. The summed E-state index contributed by atoms with van der Waals surface area (Å²) >= 11 is 3.43. The van der Waals surface area contributed by atoms with Gasteiger partial charge in [-0.25, -0.2) is 0 Å². The van der Waals surface area contributed by atoms with Crippen LogP contribution in [0.15, 0.2) is 22.7 Å². The number of hydrogen-bond donors (Lipinski definition) is 2. The molecule has 15 heavy (non-hydrogen) atoms. The number of halogens is 2. The van der Waals surface area contributed by atoms with Crippen molar-refractivity contribution in [3.63, 3.8) is 0 Å². The molecule has 0 heterocycles. The van der Waals surface area contributed by atoms with Gasteiger partial charge in [-0.05, 0) is 36.1 Å². The zero-order valence-electron chi connectivity index (χ0n) is 8.90. The van der Waals surface area contributed by atoms with Gasteiger partial charge in [-0.15, -0.1) is 12.4 Å². The van der Waals surface area contributed by atoms with Crippen LogP contribution in [0.1, 0.15) is 31.9 Å². The van der Waals surface area contributed by atoms with Gasteiger partial charge in [0, 0.05) is 10.5 Å². The Labute approximate surface area is 105 Å². The topological polar surface area (TPSA) is 46.2 Å². The van der Waals surface area contributed by atoms with Crippen molar-refractivity contribution >= 4 is 28.3 Å². The Bertz CT molecular complexity index is 317. The number of benzene rings is 1. The molecule has 0 aromatic heterocycles. The lowest BCUT2D eigenvalue weighted by atomic mass is 9.98.